The summed E-state index contributed by atoms with van der Waals surface area (Å²) in [7, 11) is 0. The van der Waals surface area contributed by atoms with E-state index in [4.69, 9.17) is 8.83 Å². The molecule has 3 aromatic heterocycles. The van der Waals surface area contributed by atoms with Gasteiger partial charge in [-0.3, -0.25) is 0 Å². The van der Waals surface area contributed by atoms with E-state index >= 15 is 0 Å². The highest BCUT2D eigenvalue weighted by atomic mass is 32.1. The molecule has 43 heavy (non-hydrogen) atoms. The average Bonchev–Trinajstić information content (AvgIpc) is 3.75. The molecular weight excluding hydrogens is 545 g/mol. The number of para-hydroxylation sites is 1. The van der Waals surface area contributed by atoms with Crippen LogP contribution in [0.1, 0.15) is 0 Å². The summed E-state index contributed by atoms with van der Waals surface area (Å²) < 4.78 is 15.2. The third-order valence-electron chi connectivity index (χ3n) is 8.94. The van der Waals surface area contributed by atoms with Gasteiger partial charge in [0.1, 0.15) is 16.7 Å². The number of thiophene rings is 1. The van der Waals surface area contributed by atoms with E-state index in [1.165, 1.54) is 58.4 Å². The van der Waals surface area contributed by atoms with Crippen LogP contribution in [0.4, 0.5) is 0 Å². The van der Waals surface area contributed by atoms with Crippen LogP contribution in [-0.2, 0) is 0 Å². The Morgan fingerprint density at radius 2 is 1.00 bits per heavy atom. The highest BCUT2D eigenvalue weighted by molar-refractivity contribution is 7.25. The molecule has 0 fully saturated rings. The molecule has 0 saturated carbocycles. The van der Waals surface area contributed by atoms with Gasteiger partial charge in [-0.2, -0.15) is 0 Å². The van der Waals surface area contributed by atoms with Gasteiger partial charge in [-0.05, 0) is 63.0 Å². The maximum atomic E-state index is 6.29. The summed E-state index contributed by atoms with van der Waals surface area (Å²) in [6.45, 7) is 0. The second kappa shape index (κ2) is 8.57. The van der Waals surface area contributed by atoms with Crippen molar-refractivity contribution >= 4 is 86.0 Å². The van der Waals surface area contributed by atoms with Crippen LogP contribution in [0, 0.1) is 0 Å². The number of hydrogen-bond donors (Lipinski definition) is 0. The highest BCUT2D eigenvalue weighted by Crippen LogP contribution is 2.47. The minimum Gasteiger partial charge on any atom is -0.464 e. The molecule has 10 aromatic rings. The Morgan fingerprint density at radius 1 is 0.395 bits per heavy atom. The van der Waals surface area contributed by atoms with Crippen molar-refractivity contribution < 1.29 is 8.83 Å². The molecule has 3 heteroatoms. The Kier molecular flexibility index (Phi) is 4.63. The quantitative estimate of drug-likeness (QED) is 0.195. The predicted molar refractivity (Wildman–Crippen MR) is 182 cm³/mol. The maximum Gasteiger partial charge on any atom is 0.136 e. The third kappa shape index (κ3) is 3.23. The summed E-state index contributed by atoms with van der Waals surface area (Å²) in [6.07, 6.45) is 1.92. The van der Waals surface area contributed by atoms with Crippen molar-refractivity contribution in [1.82, 2.24) is 0 Å². The summed E-state index contributed by atoms with van der Waals surface area (Å²) in [5, 5.41) is 10.8. The minimum atomic E-state index is 0.863. The zero-order valence-electron chi connectivity index (χ0n) is 22.9. The lowest BCUT2D eigenvalue weighted by molar-refractivity contribution is 0.617. The van der Waals surface area contributed by atoms with Crippen molar-refractivity contribution in [1.29, 1.82) is 0 Å². The summed E-state index contributed by atoms with van der Waals surface area (Å²) in [6, 6.07) is 45.7. The van der Waals surface area contributed by atoms with Crippen molar-refractivity contribution in [2.45, 2.75) is 0 Å². The second-order valence-electron chi connectivity index (χ2n) is 11.2. The molecule has 0 aliphatic carbocycles. The Morgan fingerprint density at radius 3 is 1.77 bits per heavy atom. The monoisotopic (exact) mass is 566 g/mol. The third-order valence-corrected chi connectivity index (χ3v) is 10.1. The van der Waals surface area contributed by atoms with Gasteiger partial charge in [0.2, 0.25) is 0 Å². The number of furan rings is 2. The molecule has 2 nitrogen and oxygen atoms in total. The lowest BCUT2D eigenvalue weighted by atomic mass is 9.86. The summed E-state index contributed by atoms with van der Waals surface area (Å²) in [5.74, 6) is 0. The van der Waals surface area contributed by atoms with Gasteiger partial charge in [-0.1, -0.05) is 97.1 Å². The van der Waals surface area contributed by atoms with Crippen LogP contribution in [0.5, 0.6) is 0 Å². The fourth-order valence-corrected chi connectivity index (χ4v) is 8.20. The van der Waals surface area contributed by atoms with Crippen molar-refractivity contribution in [2.24, 2.45) is 0 Å². The fraction of sp³-hybridized carbons (Fsp3) is 0. The van der Waals surface area contributed by atoms with Crippen LogP contribution in [0.25, 0.3) is 96.9 Å². The standard InChI is InChI=1S/C40H22O2S/c1-3-13-29-27(11-1)39(23-17-18-26-25-10-6-8-16-37(25)43-38(26)19-23)28-12-2-4-14-30(28)40(29)33-22-41-35-20-31-24-9-5-7-15-34(24)42-36(31)21-32(33)35/h1-22H. The van der Waals surface area contributed by atoms with E-state index in [2.05, 4.69) is 109 Å². The van der Waals surface area contributed by atoms with Gasteiger partial charge in [0.15, 0.2) is 0 Å². The summed E-state index contributed by atoms with van der Waals surface area (Å²) in [4.78, 5) is 0. The van der Waals surface area contributed by atoms with Gasteiger partial charge < -0.3 is 8.83 Å². The van der Waals surface area contributed by atoms with Gasteiger partial charge in [0, 0.05) is 47.5 Å². The lowest BCUT2D eigenvalue weighted by Gasteiger charge is -2.17. The lowest BCUT2D eigenvalue weighted by Crippen LogP contribution is -1.90. The molecule has 0 bridgehead atoms. The smallest absolute Gasteiger partial charge is 0.136 e. The Bertz CT molecular complexity index is 2680. The van der Waals surface area contributed by atoms with Gasteiger partial charge in [0.25, 0.3) is 0 Å². The van der Waals surface area contributed by atoms with Crippen molar-refractivity contribution in [2.75, 3.05) is 0 Å². The number of rotatable bonds is 2. The molecule has 200 valence electrons. The van der Waals surface area contributed by atoms with E-state index in [1.54, 1.807) is 0 Å². The Labute approximate surface area is 250 Å². The molecule has 0 atom stereocenters. The van der Waals surface area contributed by atoms with Crippen molar-refractivity contribution in [3.8, 4) is 22.3 Å². The molecule has 10 rings (SSSR count). The van der Waals surface area contributed by atoms with Crippen molar-refractivity contribution in [3.63, 3.8) is 0 Å². The number of fused-ring (bicyclic) bond motifs is 9. The second-order valence-corrected chi connectivity index (χ2v) is 12.3. The molecule has 0 aliphatic heterocycles. The van der Waals surface area contributed by atoms with Crippen LogP contribution in [-0.4, -0.2) is 0 Å². The zero-order valence-corrected chi connectivity index (χ0v) is 23.7. The topological polar surface area (TPSA) is 26.3 Å². The van der Waals surface area contributed by atoms with E-state index in [1.807, 2.05) is 35.8 Å². The maximum absolute atomic E-state index is 6.29. The van der Waals surface area contributed by atoms with Gasteiger partial charge >= 0.3 is 0 Å². The van der Waals surface area contributed by atoms with E-state index in [9.17, 15) is 0 Å². The SMILES string of the molecule is c1ccc2c(c1)oc1cc3c(-c4c5ccccc5c(-c5ccc6c(c5)sc5ccccc56)c5ccccc45)coc3cc12. The van der Waals surface area contributed by atoms with Crippen LogP contribution in [0.3, 0.4) is 0 Å². The molecule has 0 radical (unpaired) electrons. The predicted octanol–water partition coefficient (Wildman–Crippen LogP) is 12.3. The van der Waals surface area contributed by atoms with Gasteiger partial charge in [-0.15, -0.1) is 11.3 Å². The van der Waals surface area contributed by atoms with E-state index in [-0.39, 0.29) is 0 Å². The van der Waals surface area contributed by atoms with Gasteiger partial charge in [0.05, 0.1) is 6.26 Å². The molecule has 0 amide bonds. The Hall–Kier alpha value is -5.38. The van der Waals surface area contributed by atoms with Crippen LogP contribution in [0.2, 0.25) is 0 Å². The first-order valence-electron chi connectivity index (χ1n) is 14.5. The first-order chi connectivity index (χ1) is 21.3. The highest BCUT2D eigenvalue weighted by Gasteiger charge is 2.21. The first kappa shape index (κ1) is 23.2. The summed E-state index contributed by atoms with van der Waals surface area (Å²) in [5.41, 5.74) is 7.39. The van der Waals surface area contributed by atoms with E-state index in [0.717, 1.165) is 38.5 Å². The van der Waals surface area contributed by atoms with Crippen LogP contribution in [0.15, 0.2) is 142 Å². The Balaban J connectivity index is 1.28. The summed E-state index contributed by atoms with van der Waals surface area (Å²) >= 11 is 1.86. The molecule has 0 aliphatic rings. The minimum absolute atomic E-state index is 0.863. The molecule has 7 aromatic carbocycles. The molecule has 0 unspecified atom stereocenters. The molecule has 0 saturated heterocycles. The van der Waals surface area contributed by atoms with Crippen LogP contribution < -0.4 is 0 Å². The largest absolute Gasteiger partial charge is 0.464 e. The number of hydrogen-bond acceptors (Lipinski definition) is 3. The van der Waals surface area contributed by atoms with E-state index < -0.39 is 0 Å². The number of benzene rings is 7. The van der Waals surface area contributed by atoms with E-state index in [0.29, 0.717) is 0 Å². The van der Waals surface area contributed by atoms with Crippen LogP contribution >= 0.6 is 11.3 Å². The zero-order chi connectivity index (χ0) is 28.1. The first-order valence-corrected chi connectivity index (χ1v) is 15.3. The molecule has 0 spiro atoms. The molecule has 0 N–H and O–H groups in total. The normalized spacial score (nSPS) is 12.2. The molecular formula is C40H22O2S. The molecule has 3 heterocycles. The van der Waals surface area contributed by atoms with Crippen molar-refractivity contribution in [3.05, 3.63) is 134 Å². The van der Waals surface area contributed by atoms with Gasteiger partial charge in [-0.25, -0.2) is 0 Å². The average molecular weight is 567 g/mol. The fourth-order valence-electron chi connectivity index (χ4n) is 7.05.